The number of hydrogen-bond acceptors (Lipinski definition) is 5. The molecule has 1 N–H and O–H groups in total. The zero-order chi connectivity index (χ0) is 20.0. The number of amides is 1. The number of alkyl halides is 3. The molecule has 0 aliphatic carbocycles. The first-order chi connectivity index (χ1) is 12.7. The third-order valence-corrected chi connectivity index (χ3v) is 4.50. The Balaban J connectivity index is 2.00. The van der Waals surface area contributed by atoms with Gasteiger partial charge in [-0.2, -0.15) is 18.4 Å². The molecule has 0 fully saturated rings. The number of halogens is 3. The van der Waals surface area contributed by atoms with Crippen molar-refractivity contribution in [1.82, 2.24) is 4.98 Å². The van der Waals surface area contributed by atoms with E-state index in [4.69, 9.17) is 10.00 Å². The number of hydrogen-bond donors (Lipinski definition) is 1. The van der Waals surface area contributed by atoms with Gasteiger partial charge in [-0.3, -0.25) is 4.79 Å². The van der Waals surface area contributed by atoms with Crippen LogP contribution in [0, 0.1) is 18.3 Å². The molecule has 2 aromatic rings. The average molecular weight is 395 g/mol. The van der Waals surface area contributed by atoms with E-state index < -0.39 is 11.9 Å². The summed E-state index contributed by atoms with van der Waals surface area (Å²) in [6.07, 6.45) is -4.54. The largest absolute Gasteiger partial charge is 0.497 e. The van der Waals surface area contributed by atoms with Crippen LogP contribution in [0.1, 0.15) is 23.2 Å². The molecule has 1 aromatic heterocycles. The number of ether oxygens (including phenoxy) is 1. The summed E-state index contributed by atoms with van der Waals surface area (Å²) in [7, 11) is 1.53. The number of rotatable bonds is 6. The number of carbonyl (C=O) groups is 1. The van der Waals surface area contributed by atoms with Crippen LogP contribution in [-0.4, -0.2) is 23.8 Å². The van der Waals surface area contributed by atoms with Crippen LogP contribution in [0.25, 0.3) is 0 Å². The van der Waals surface area contributed by atoms with Gasteiger partial charge < -0.3 is 10.1 Å². The smallest absolute Gasteiger partial charge is 0.433 e. The van der Waals surface area contributed by atoms with Crippen LogP contribution in [0.5, 0.6) is 5.75 Å². The summed E-state index contributed by atoms with van der Waals surface area (Å²) in [4.78, 5) is 15.5. The molecule has 2 rings (SSSR count). The third kappa shape index (κ3) is 5.62. The normalized spacial score (nSPS) is 11.0. The van der Waals surface area contributed by atoms with Gasteiger partial charge in [-0.15, -0.1) is 11.8 Å². The topological polar surface area (TPSA) is 75.0 Å². The minimum Gasteiger partial charge on any atom is -0.497 e. The Hall–Kier alpha value is -2.73. The molecule has 0 aliphatic heterocycles. The van der Waals surface area contributed by atoms with E-state index in [2.05, 4.69) is 10.3 Å². The van der Waals surface area contributed by atoms with E-state index in [1.807, 2.05) is 6.07 Å². The summed E-state index contributed by atoms with van der Waals surface area (Å²) >= 11 is 0.947. The van der Waals surface area contributed by atoms with Gasteiger partial charge >= 0.3 is 6.18 Å². The van der Waals surface area contributed by atoms with Crippen molar-refractivity contribution in [3.8, 4) is 11.8 Å². The molecule has 1 aromatic carbocycles. The molecular formula is C18H16F3N3O2S. The predicted molar refractivity (Wildman–Crippen MR) is 95.7 cm³/mol. The molecule has 0 spiro atoms. The second kappa shape index (κ2) is 8.77. The molecule has 27 heavy (non-hydrogen) atoms. The Morgan fingerprint density at radius 3 is 2.56 bits per heavy atom. The molecule has 0 saturated heterocycles. The number of nitrogens with zero attached hydrogens (tertiary/aromatic N) is 2. The van der Waals surface area contributed by atoms with Gasteiger partial charge in [0.05, 0.1) is 12.7 Å². The van der Waals surface area contributed by atoms with E-state index >= 15 is 0 Å². The van der Waals surface area contributed by atoms with Crippen molar-refractivity contribution in [3.63, 3.8) is 0 Å². The number of nitrogens with one attached hydrogen (secondary N) is 1. The Morgan fingerprint density at radius 2 is 2.00 bits per heavy atom. The number of thioether (sulfide) groups is 1. The number of nitriles is 1. The van der Waals surface area contributed by atoms with E-state index in [9.17, 15) is 18.0 Å². The van der Waals surface area contributed by atoms with Crippen LogP contribution in [0.15, 0.2) is 35.4 Å². The first-order valence-electron chi connectivity index (χ1n) is 7.80. The zero-order valence-corrected chi connectivity index (χ0v) is 15.4. The van der Waals surface area contributed by atoms with Crippen molar-refractivity contribution in [2.75, 3.05) is 18.2 Å². The minimum atomic E-state index is -4.60. The van der Waals surface area contributed by atoms with Gasteiger partial charge in [0.15, 0.2) is 0 Å². The van der Waals surface area contributed by atoms with Crippen molar-refractivity contribution >= 4 is 23.4 Å². The van der Waals surface area contributed by atoms with Crippen molar-refractivity contribution in [2.24, 2.45) is 0 Å². The lowest BCUT2D eigenvalue weighted by Crippen LogP contribution is -2.13. The molecule has 9 heteroatoms. The minimum absolute atomic E-state index is 0.0259. The van der Waals surface area contributed by atoms with E-state index in [0.717, 1.165) is 17.8 Å². The highest BCUT2D eigenvalue weighted by atomic mass is 32.2. The number of aryl methyl sites for hydroxylation is 1. The van der Waals surface area contributed by atoms with Crippen molar-refractivity contribution in [3.05, 3.63) is 47.2 Å². The second-order valence-electron chi connectivity index (χ2n) is 5.49. The molecule has 5 nitrogen and oxygen atoms in total. The maximum Gasteiger partial charge on any atom is 0.433 e. The second-order valence-corrected chi connectivity index (χ2v) is 6.57. The lowest BCUT2D eigenvalue weighted by atomic mass is 10.1. The van der Waals surface area contributed by atoms with Crippen LogP contribution in [0.3, 0.4) is 0 Å². The van der Waals surface area contributed by atoms with Gasteiger partial charge in [0, 0.05) is 17.9 Å². The number of benzene rings is 1. The van der Waals surface area contributed by atoms with Crippen molar-refractivity contribution in [1.29, 1.82) is 5.26 Å². The Bertz CT molecular complexity index is 862. The highest BCUT2D eigenvalue weighted by Crippen LogP contribution is 2.32. The van der Waals surface area contributed by atoms with Crippen molar-refractivity contribution < 1.29 is 22.7 Å². The fraction of sp³-hybridized carbons (Fsp3) is 0.278. The van der Waals surface area contributed by atoms with Crippen LogP contribution < -0.4 is 10.1 Å². The standard InChI is InChI=1S/C18H16F3N3O2S/c1-11-9-15(18(19,20)21)24-17(14(11)10-22)27-8-7-16(25)23-12-3-5-13(26-2)6-4-12/h3-6,9H,7-8H2,1-2H3,(H,23,25). The zero-order valence-electron chi connectivity index (χ0n) is 14.6. The molecule has 1 heterocycles. The lowest BCUT2D eigenvalue weighted by Gasteiger charge is -2.11. The maximum atomic E-state index is 12.9. The number of pyridine rings is 1. The Labute approximate surface area is 158 Å². The molecule has 0 radical (unpaired) electrons. The fourth-order valence-corrected chi connectivity index (χ4v) is 3.16. The monoisotopic (exact) mass is 395 g/mol. The van der Waals surface area contributed by atoms with E-state index in [0.29, 0.717) is 11.4 Å². The predicted octanol–water partition coefficient (Wildman–Crippen LogP) is 4.41. The number of methoxy groups -OCH3 is 1. The summed E-state index contributed by atoms with van der Waals surface area (Å²) < 4.78 is 43.7. The van der Waals surface area contributed by atoms with Gasteiger partial charge in [0.25, 0.3) is 0 Å². The average Bonchev–Trinajstić information content (AvgIpc) is 2.61. The number of anilines is 1. The van der Waals surface area contributed by atoms with Crippen LogP contribution in [0.4, 0.5) is 18.9 Å². The van der Waals surface area contributed by atoms with Gasteiger partial charge in [-0.1, -0.05) is 0 Å². The summed E-state index contributed by atoms with van der Waals surface area (Å²) in [6.45, 7) is 1.43. The van der Waals surface area contributed by atoms with Crippen LogP contribution in [0.2, 0.25) is 0 Å². The maximum absolute atomic E-state index is 12.9. The SMILES string of the molecule is COc1ccc(NC(=O)CCSc2nc(C(F)(F)F)cc(C)c2C#N)cc1. The highest BCUT2D eigenvalue weighted by molar-refractivity contribution is 7.99. The van der Waals surface area contributed by atoms with Gasteiger partial charge in [-0.05, 0) is 42.8 Å². The Morgan fingerprint density at radius 1 is 1.33 bits per heavy atom. The van der Waals surface area contributed by atoms with E-state index in [1.54, 1.807) is 24.3 Å². The number of carbonyl (C=O) groups excluding carboxylic acids is 1. The van der Waals surface area contributed by atoms with Gasteiger partial charge in [0.1, 0.15) is 22.5 Å². The summed E-state index contributed by atoms with van der Waals surface area (Å²) in [5.41, 5.74) is -0.186. The third-order valence-electron chi connectivity index (χ3n) is 3.53. The van der Waals surface area contributed by atoms with Gasteiger partial charge in [0.2, 0.25) is 5.91 Å². The van der Waals surface area contributed by atoms with E-state index in [1.165, 1.54) is 14.0 Å². The lowest BCUT2D eigenvalue weighted by molar-refractivity contribution is -0.141. The molecule has 0 saturated carbocycles. The van der Waals surface area contributed by atoms with E-state index in [-0.39, 0.29) is 34.2 Å². The molecular weight excluding hydrogens is 379 g/mol. The first-order valence-corrected chi connectivity index (χ1v) is 8.78. The summed E-state index contributed by atoms with van der Waals surface area (Å²) in [5, 5.41) is 11.8. The first kappa shape index (κ1) is 20.6. The fourth-order valence-electron chi connectivity index (χ4n) is 2.17. The quantitative estimate of drug-likeness (QED) is 0.734. The number of aromatic nitrogens is 1. The molecule has 0 bridgehead atoms. The highest BCUT2D eigenvalue weighted by Gasteiger charge is 2.33. The van der Waals surface area contributed by atoms with Crippen molar-refractivity contribution in [2.45, 2.75) is 24.5 Å². The molecule has 0 atom stereocenters. The van der Waals surface area contributed by atoms with Crippen LogP contribution in [-0.2, 0) is 11.0 Å². The van der Waals surface area contributed by atoms with Crippen LogP contribution >= 0.6 is 11.8 Å². The van der Waals surface area contributed by atoms with Gasteiger partial charge in [-0.25, -0.2) is 4.98 Å². The summed E-state index contributed by atoms with van der Waals surface area (Å²) in [5.74, 6) is 0.540. The molecule has 1 amide bonds. The molecule has 0 unspecified atom stereocenters. The molecule has 0 aliphatic rings. The molecule has 142 valence electrons. The Kier molecular flexibility index (Phi) is 6.69. The summed E-state index contributed by atoms with van der Waals surface area (Å²) in [6, 6.07) is 9.45.